The third-order valence-corrected chi connectivity index (χ3v) is 5.76. The lowest BCUT2D eigenvalue weighted by atomic mass is 10.0. The van der Waals surface area contributed by atoms with Crippen molar-refractivity contribution in [3.05, 3.63) is 52.5 Å². The van der Waals surface area contributed by atoms with Crippen molar-refractivity contribution in [3.63, 3.8) is 0 Å². The Morgan fingerprint density at radius 3 is 2.28 bits per heavy atom. The SMILES string of the molecule is Cc1nnc(N2CCN(C(=O)[C@@H](NC(=O)c3ccc(F)cc3)C(C)C)CC2)c(C#N)c1C. The molecule has 2 heterocycles. The van der Waals surface area contributed by atoms with Crippen LogP contribution in [0.15, 0.2) is 24.3 Å². The normalized spacial score (nSPS) is 14.8. The number of nitriles is 1. The van der Waals surface area contributed by atoms with Crippen LogP contribution >= 0.6 is 0 Å². The van der Waals surface area contributed by atoms with Crippen LogP contribution in [0.2, 0.25) is 0 Å². The second-order valence-electron chi connectivity index (χ2n) is 8.24. The Morgan fingerprint density at radius 1 is 1.09 bits per heavy atom. The van der Waals surface area contributed by atoms with Gasteiger partial charge in [-0.25, -0.2) is 4.39 Å². The Labute approximate surface area is 187 Å². The lowest BCUT2D eigenvalue weighted by Gasteiger charge is -2.38. The van der Waals surface area contributed by atoms with E-state index in [2.05, 4.69) is 21.6 Å². The molecule has 0 bridgehead atoms. The van der Waals surface area contributed by atoms with Gasteiger partial charge in [-0.3, -0.25) is 9.59 Å². The summed E-state index contributed by atoms with van der Waals surface area (Å²) < 4.78 is 13.1. The Bertz CT molecular complexity index is 1040. The van der Waals surface area contributed by atoms with Crippen LogP contribution < -0.4 is 10.2 Å². The minimum Gasteiger partial charge on any atom is -0.350 e. The molecule has 168 valence electrons. The first-order chi connectivity index (χ1) is 15.2. The second kappa shape index (κ2) is 9.73. The molecule has 1 aromatic heterocycles. The zero-order valence-electron chi connectivity index (χ0n) is 18.7. The van der Waals surface area contributed by atoms with Gasteiger partial charge in [-0.15, -0.1) is 5.10 Å². The number of rotatable bonds is 5. The van der Waals surface area contributed by atoms with E-state index in [1.54, 1.807) is 4.90 Å². The number of anilines is 1. The molecule has 2 amide bonds. The van der Waals surface area contributed by atoms with E-state index in [4.69, 9.17) is 0 Å². The van der Waals surface area contributed by atoms with Gasteiger partial charge in [-0.05, 0) is 49.6 Å². The Hall–Kier alpha value is -3.54. The van der Waals surface area contributed by atoms with Gasteiger partial charge in [0.25, 0.3) is 5.91 Å². The lowest BCUT2D eigenvalue weighted by molar-refractivity contribution is -0.134. The number of carbonyl (C=O) groups is 2. The standard InChI is InChI=1S/C23H27FN6O2/c1-14(2)20(26-22(31)17-5-7-18(24)8-6-17)23(32)30-11-9-29(10-12-30)21-19(13-25)15(3)16(4)27-28-21/h5-8,14,20H,9-12H2,1-4H3,(H,26,31)/t20-/m0/s1. The number of aromatic nitrogens is 2. The molecule has 0 radical (unpaired) electrons. The molecule has 1 aliphatic rings. The number of aryl methyl sites for hydroxylation is 1. The highest BCUT2D eigenvalue weighted by Crippen LogP contribution is 2.23. The molecule has 1 N–H and O–H groups in total. The van der Waals surface area contributed by atoms with Gasteiger partial charge in [-0.1, -0.05) is 13.8 Å². The van der Waals surface area contributed by atoms with E-state index in [0.717, 1.165) is 11.3 Å². The van der Waals surface area contributed by atoms with Gasteiger partial charge in [0.15, 0.2) is 5.82 Å². The lowest BCUT2D eigenvalue weighted by Crippen LogP contribution is -2.56. The van der Waals surface area contributed by atoms with Crippen LogP contribution in [0.3, 0.4) is 0 Å². The molecule has 1 saturated heterocycles. The van der Waals surface area contributed by atoms with Crippen molar-refractivity contribution in [1.29, 1.82) is 5.26 Å². The van der Waals surface area contributed by atoms with Gasteiger partial charge in [0.05, 0.1) is 5.69 Å². The monoisotopic (exact) mass is 438 g/mol. The molecule has 0 unspecified atom stereocenters. The smallest absolute Gasteiger partial charge is 0.251 e. The number of nitrogens with zero attached hydrogens (tertiary/aromatic N) is 5. The van der Waals surface area contributed by atoms with E-state index in [1.165, 1.54) is 24.3 Å². The van der Waals surface area contributed by atoms with Gasteiger partial charge in [0, 0.05) is 31.7 Å². The Morgan fingerprint density at radius 2 is 1.72 bits per heavy atom. The maximum Gasteiger partial charge on any atom is 0.251 e. The number of hydrogen-bond acceptors (Lipinski definition) is 6. The zero-order valence-corrected chi connectivity index (χ0v) is 18.7. The predicted molar refractivity (Wildman–Crippen MR) is 118 cm³/mol. The molecule has 0 aliphatic carbocycles. The van der Waals surface area contributed by atoms with Crippen LogP contribution in [0.1, 0.15) is 41.0 Å². The number of nitrogens with one attached hydrogen (secondary N) is 1. The number of benzene rings is 1. The minimum absolute atomic E-state index is 0.124. The van der Waals surface area contributed by atoms with E-state index in [9.17, 15) is 19.2 Å². The number of halogens is 1. The van der Waals surface area contributed by atoms with Crippen LogP contribution in [-0.4, -0.2) is 59.1 Å². The Kier molecular flexibility index (Phi) is 7.03. The van der Waals surface area contributed by atoms with E-state index in [1.807, 2.05) is 32.6 Å². The summed E-state index contributed by atoms with van der Waals surface area (Å²) in [7, 11) is 0. The predicted octanol–water partition coefficient (Wildman–Crippen LogP) is 2.21. The number of hydrogen-bond donors (Lipinski definition) is 1. The average molecular weight is 439 g/mol. The van der Waals surface area contributed by atoms with Gasteiger partial charge in [0.1, 0.15) is 23.5 Å². The first kappa shape index (κ1) is 23.1. The minimum atomic E-state index is -0.699. The summed E-state index contributed by atoms with van der Waals surface area (Å²) in [6, 6.07) is 6.73. The van der Waals surface area contributed by atoms with Crippen molar-refractivity contribution in [3.8, 4) is 6.07 Å². The number of carbonyl (C=O) groups excluding carboxylic acids is 2. The summed E-state index contributed by atoms with van der Waals surface area (Å²) >= 11 is 0. The van der Waals surface area contributed by atoms with Crippen LogP contribution in [0.25, 0.3) is 0 Å². The Balaban J connectivity index is 1.68. The highest BCUT2D eigenvalue weighted by molar-refractivity contribution is 5.97. The summed E-state index contributed by atoms with van der Waals surface area (Å²) in [5, 5.41) is 20.7. The number of piperazine rings is 1. The third kappa shape index (κ3) is 4.85. The molecule has 0 saturated carbocycles. The topological polar surface area (TPSA) is 102 Å². The molecule has 2 aromatic rings. The maximum absolute atomic E-state index is 13.2. The van der Waals surface area contributed by atoms with Crippen LogP contribution in [-0.2, 0) is 4.79 Å². The summed E-state index contributed by atoms with van der Waals surface area (Å²) in [5.74, 6) is -0.598. The molecule has 8 nitrogen and oxygen atoms in total. The summed E-state index contributed by atoms with van der Waals surface area (Å²) in [6.45, 7) is 9.30. The molecule has 1 fully saturated rings. The molecule has 1 aliphatic heterocycles. The molecular weight excluding hydrogens is 411 g/mol. The first-order valence-electron chi connectivity index (χ1n) is 10.6. The quantitative estimate of drug-likeness (QED) is 0.768. The zero-order chi connectivity index (χ0) is 23.4. The van der Waals surface area contributed by atoms with Gasteiger partial charge >= 0.3 is 0 Å². The second-order valence-corrected chi connectivity index (χ2v) is 8.24. The van der Waals surface area contributed by atoms with Crippen LogP contribution in [0.5, 0.6) is 0 Å². The molecule has 9 heteroatoms. The van der Waals surface area contributed by atoms with Crippen molar-refractivity contribution >= 4 is 17.6 Å². The average Bonchev–Trinajstić information content (AvgIpc) is 2.79. The van der Waals surface area contributed by atoms with E-state index < -0.39 is 17.8 Å². The third-order valence-electron chi connectivity index (χ3n) is 5.76. The summed E-state index contributed by atoms with van der Waals surface area (Å²) in [5.41, 5.74) is 2.33. The van der Waals surface area contributed by atoms with Crippen molar-refractivity contribution in [1.82, 2.24) is 20.4 Å². The maximum atomic E-state index is 13.2. The fourth-order valence-electron chi connectivity index (χ4n) is 3.63. The van der Waals surface area contributed by atoms with Crippen LogP contribution in [0, 0.1) is 36.9 Å². The highest BCUT2D eigenvalue weighted by Gasteiger charge is 2.32. The van der Waals surface area contributed by atoms with Crippen molar-refractivity contribution in [2.75, 3.05) is 31.1 Å². The van der Waals surface area contributed by atoms with Crippen LogP contribution in [0.4, 0.5) is 10.2 Å². The number of amides is 2. The fourth-order valence-corrected chi connectivity index (χ4v) is 3.63. The molecule has 0 spiro atoms. The molecule has 1 atom stereocenters. The van der Waals surface area contributed by atoms with Crippen molar-refractivity contribution in [2.24, 2.45) is 5.92 Å². The van der Waals surface area contributed by atoms with Gasteiger partial charge < -0.3 is 15.1 Å². The highest BCUT2D eigenvalue weighted by atomic mass is 19.1. The fraction of sp³-hybridized carbons (Fsp3) is 0.435. The first-order valence-corrected chi connectivity index (χ1v) is 10.6. The largest absolute Gasteiger partial charge is 0.350 e. The summed E-state index contributed by atoms with van der Waals surface area (Å²) in [4.78, 5) is 29.4. The van der Waals surface area contributed by atoms with E-state index >= 15 is 0 Å². The molecular formula is C23H27FN6O2. The van der Waals surface area contributed by atoms with Gasteiger partial charge in [0.2, 0.25) is 5.91 Å². The van der Waals surface area contributed by atoms with Crippen molar-refractivity contribution < 1.29 is 14.0 Å². The molecule has 1 aromatic carbocycles. The van der Waals surface area contributed by atoms with Gasteiger partial charge in [-0.2, -0.15) is 10.4 Å². The van der Waals surface area contributed by atoms with E-state index in [0.29, 0.717) is 43.1 Å². The summed E-state index contributed by atoms with van der Waals surface area (Å²) in [6.07, 6.45) is 0. The molecule has 3 rings (SSSR count). The van der Waals surface area contributed by atoms with E-state index in [-0.39, 0.29) is 11.8 Å². The molecule has 32 heavy (non-hydrogen) atoms. The van der Waals surface area contributed by atoms with Crippen molar-refractivity contribution in [2.45, 2.75) is 33.7 Å².